The van der Waals surface area contributed by atoms with E-state index in [1.165, 1.54) is 28.8 Å². The number of benzene rings is 3. The summed E-state index contributed by atoms with van der Waals surface area (Å²) < 4.78 is 30.3. The Morgan fingerprint density at radius 2 is 1.61 bits per heavy atom. The van der Waals surface area contributed by atoms with Crippen LogP contribution in [-0.4, -0.2) is 50.2 Å². The van der Waals surface area contributed by atoms with Gasteiger partial charge in [-0.05, 0) is 82.9 Å². The lowest BCUT2D eigenvalue weighted by molar-refractivity contribution is 0.0342. The molecule has 1 amide bonds. The average molecular weight is 636 g/mol. The first-order valence-electron chi connectivity index (χ1n) is 13.0. The van der Waals surface area contributed by atoms with Crippen molar-refractivity contribution in [1.82, 2.24) is 15.5 Å². The van der Waals surface area contributed by atoms with Crippen molar-refractivity contribution in [2.45, 2.75) is 32.9 Å². The van der Waals surface area contributed by atoms with E-state index in [2.05, 4.69) is 52.8 Å². The molecule has 1 aliphatic heterocycles. The third-order valence-electron chi connectivity index (χ3n) is 6.07. The van der Waals surface area contributed by atoms with Crippen LogP contribution in [0.5, 0.6) is 0 Å². The van der Waals surface area contributed by atoms with Gasteiger partial charge < -0.3 is 15.4 Å². The molecule has 0 spiro atoms. The lowest BCUT2D eigenvalue weighted by Gasteiger charge is -2.26. The van der Waals surface area contributed by atoms with Crippen LogP contribution < -0.4 is 10.6 Å². The van der Waals surface area contributed by atoms with Crippen LogP contribution in [0.1, 0.15) is 40.4 Å². The third-order valence-corrected chi connectivity index (χ3v) is 6.69. The Balaban J connectivity index is 0.000000375. The van der Waals surface area contributed by atoms with Gasteiger partial charge >= 0.3 is 0 Å². The predicted molar refractivity (Wildman–Crippen MR) is 156 cm³/mol. The minimum Gasteiger partial charge on any atom is -0.379 e. The summed E-state index contributed by atoms with van der Waals surface area (Å²) in [5.41, 5.74) is 4.59. The van der Waals surface area contributed by atoms with Crippen LogP contribution in [0.15, 0.2) is 66.7 Å². The molecule has 38 heavy (non-hydrogen) atoms. The molecule has 0 radical (unpaired) electrons. The first-order chi connectivity index (χ1) is 18.4. The van der Waals surface area contributed by atoms with Crippen molar-refractivity contribution >= 4 is 28.5 Å². The van der Waals surface area contributed by atoms with E-state index < -0.39 is 11.6 Å². The van der Waals surface area contributed by atoms with E-state index in [1.54, 1.807) is 0 Å². The Morgan fingerprint density at radius 3 is 2.32 bits per heavy atom. The van der Waals surface area contributed by atoms with Crippen molar-refractivity contribution in [2.75, 3.05) is 39.4 Å². The Kier molecular flexibility index (Phi) is 13.1. The Hall–Kier alpha value is -2.40. The molecular formula is C30H36F2IN3O2. The largest absolute Gasteiger partial charge is 0.379 e. The molecule has 3 aromatic rings. The van der Waals surface area contributed by atoms with Gasteiger partial charge in [-0.3, -0.25) is 9.69 Å². The average Bonchev–Trinajstić information content (AvgIpc) is 2.91. The van der Waals surface area contributed by atoms with E-state index in [1.807, 2.05) is 40.8 Å². The molecule has 3 aromatic carbocycles. The number of morpholine rings is 1. The molecule has 1 fully saturated rings. The molecule has 0 saturated carbocycles. The van der Waals surface area contributed by atoms with Crippen molar-refractivity contribution in [3.63, 3.8) is 0 Å². The van der Waals surface area contributed by atoms with Crippen LogP contribution in [0, 0.1) is 15.2 Å². The second-order valence-corrected chi connectivity index (χ2v) is 10.4. The first kappa shape index (κ1) is 30.1. The molecule has 5 nitrogen and oxygen atoms in total. The molecule has 0 atom stereocenters. The van der Waals surface area contributed by atoms with Crippen molar-refractivity contribution in [2.24, 2.45) is 0 Å². The van der Waals surface area contributed by atoms with E-state index >= 15 is 0 Å². The zero-order chi connectivity index (χ0) is 27.2. The molecule has 0 unspecified atom stereocenters. The standard InChI is InChI=1S/C24H33N3O2.C6H3F2I/c1-2-20-6-3-7-21(16-20)18-25-10-5-11-26-24(28)23-9-4-8-22(17-23)19-27-12-14-29-15-13-27;7-4-1-5(8)3-6(9)2-4/h3-4,6-9,16-17,25H,2,5,10-15,18-19H2,1H3,(H,26,28);1-3H. The van der Waals surface area contributed by atoms with Crippen molar-refractivity contribution in [3.8, 4) is 0 Å². The zero-order valence-corrected chi connectivity index (χ0v) is 24.0. The first-order valence-corrected chi connectivity index (χ1v) is 14.1. The van der Waals surface area contributed by atoms with Crippen LogP contribution in [0.2, 0.25) is 0 Å². The monoisotopic (exact) mass is 635 g/mol. The summed E-state index contributed by atoms with van der Waals surface area (Å²) in [6.45, 7) is 8.95. The molecule has 1 heterocycles. The number of ether oxygens (including phenoxy) is 1. The van der Waals surface area contributed by atoms with Gasteiger partial charge in [-0.2, -0.15) is 0 Å². The molecule has 2 N–H and O–H groups in total. The minimum atomic E-state index is -0.528. The molecule has 4 rings (SSSR count). The van der Waals surface area contributed by atoms with E-state index in [9.17, 15) is 13.6 Å². The van der Waals surface area contributed by atoms with Crippen LogP contribution >= 0.6 is 22.6 Å². The fourth-order valence-electron chi connectivity index (χ4n) is 4.06. The molecule has 8 heteroatoms. The van der Waals surface area contributed by atoms with Crippen LogP contribution in [0.25, 0.3) is 0 Å². The van der Waals surface area contributed by atoms with Crippen LogP contribution in [-0.2, 0) is 24.2 Å². The topological polar surface area (TPSA) is 53.6 Å². The summed E-state index contributed by atoms with van der Waals surface area (Å²) in [4.78, 5) is 14.8. The van der Waals surface area contributed by atoms with Crippen LogP contribution in [0.3, 0.4) is 0 Å². The Morgan fingerprint density at radius 1 is 0.921 bits per heavy atom. The minimum absolute atomic E-state index is 0.00414. The number of carbonyl (C=O) groups is 1. The quantitative estimate of drug-likeness (QED) is 0.227. The summed E-state index contributed by atoms with van der Waals surface area (Å²) in [6, 6.07) is 20.0. The Labute approximate surface area is 238 Å². The van der Waals surface area contributed by atoms with Gasteiger partial charge in [0, 0.05) is 47.9 Å². The van der Waals surface area contributed by atoms with E-state index in [4.69, 9.17) is 4.74 Å². The van der Waals surface area contributed by atoms with Gasteiger partial charge in [-0.25, -0.2) is 8.78 Å². The number of nitrogens with one attached hydrogen (secondary N) is 2. The number of amides is 1. The summed E-state index contributed by atoms with van der Waals surface area (Å²) in [5.74, 6) is -1.05. The van der Waals surface area contributed by atoms with Gasteiger partial charge in [0.25, 0.3) is 5.91 Å². The fourth-order valence-corrected chi connectivity index (χ4v) is 4.65. The number of hydrogen-bond donors (Lipinski definition) is 2. The van der Waals surface area contributed by atoms with Gasteiger partial charge in [0.05, 0.1) is 13.2 Å². The molecule has 204 valence electrons. The maximum Gasteiger partial charge on any atom is 0.251 e. The summed E-state index contributed by atoms with van der Waals surface area (Å²) >= 11 is 1.85. The normalized spacial score (nSPS) is 13.5. The van der Waals surface area contributed by atoms with Gasteiger partial charge in [0.1, 0.15) is 11.6 Å². The highest BCUT2D eigenvalue weighted by Crippen LogP contribution is 2.11. The second-order valence-electron chi connectivity index (χ2n) is 9.14. The van der Waals surface area contributed by atoms with Crippen molar-refractivity contribution < 1.29 is 18.3 Å². The molecule has 1 saturated heterocycles. The third kappa shape index (κ3) is 11.1. The van der Waals surface area contributed by atoms with Gasteiger partial charge in [0.15, 0.2) is 0 Å². The van der Waals surface area contributed by atoms with Gasteiger partial charge in [-0.15, -0.1) is 0 Å². The highest BCUT2D eigenvalue weighted by molar-refractivity contribution is 14.1. The zero-order valence-electron chi connectivity index (χ0n) is 21.8. The van der Waals surface area contributed by atoms with Gasteiger partial charge in [0.2, 0.25) is 0 Å². The number of nitrogens with zero attached hydrogens (tertiary/aromatic N) is 1. The maximum absolute atomic E-state index is 12.4. The molecule has 1 aliphatic rings. The lowest BCUT2D eigenvalue weighted by Crippen LogP contribution is -2.35. The number of aryl methyl sites for hydroxylation is 1. The predicted octanol–water partition coefficient (Wildman–Crippen LogP) is 5.56. The highest BCUT2D eigenvalue weighted by atomic mass is 127. The Bertz CT molecular complexity index is 1110. The maximum atomic E-state index is 12.4. The van der Waals surface area contributed by atoms with E-state index in [0.29, 0.717) is 10.1 Å². The number of halogens is 3. The van der Waals surface area contributed by atoms with Crippen LogP contribution in [0.4, 0.5) is 8.78 Å². The fraction of sp³-hybridized carbons (Fsp3) is 0.367. The van der Waals surface area contributed by atoms with Crippen molar-refractivity contribution in [1.29, 1.82) is 0 Å². The number of carbonyl (C=O) groups excluding carboxylic acids is 1. The summed E-state index contributed by atoms with van der Waals surface area (Å²) in [5, 5.41) is 6.49. The van der Waals surface area contributed by atoms with E-state index in [0.717, 1.165) is 70.4 Å². The smallest absolute Gasteiger partial charge is 0.251 e. The lowest BCUT2D eigenvalue weighted by atomic mass is 10.1. The molecule has 0 aromatic heterocycles. The SMILES string of the molecule is CCc1cccc(CNCCCNC(=O)c2cccc(CN3CCOCC3)c2)c1.Fc1cc(F)cc(I)c1. The number of rotatable bonds is 10. The van der Waals surface area contributed by atoms with Gasteiger partial charge in [-0.1, -0.05) is 43.3 Å². The molecule has 0 aliphatic carbocycles. The molecular weight excluding hydrogens is 599 g/mol. The highest BCUT2D eigenvalue weighted by Gasteiger charge is 2.12. The summed E-state index contributed by atoms with van der Waals surface area (Å²) in [7, 11) is 0. The number of hydrogen-bond acceptors (Lipinski definition) is 4. The van der Waals surface area contributed by atoms with E-state index in [-0.39, 0.29) is 5.91 Å². The molecule has 0 bridgehead atoms. The second kappa shape index (κ2) is 16.5. The van der Waals surface area contributed by atoms with Crippen molar-refractivity contribution in [3.05, 3.63) is 104 Å². The summed E-state index contributed by atoms with van der Waals surface area (Å²) in [6.07, 6.45) is 1.97.